The Hall–Kier alpha value is -2.27. The number of hydrogen-bond acceptors (Lipinski definition) is 7. The molecule has 3 rings (SSSR count). The third-order valence-corrected chi connectivity index (χ3v) is 5.94. The van der Waals surface area contributed by atoms with Gasteiger partial charge in [-0.15, -0.1) is 5.10 Å². The second-order valence-corrected chi connectivity index (χ2v) is 8.45. The van der Waals surface area contributed by atoms with Crippen molar-refractivity contribution in [3.05, 3.63) is 35.9 Å². The van der Waals surface area contributed by atoms with E-state index in [1.165, 1.54) is 17.9 Å². The van der Waals surface area contributed by atoms with Crippen LogP contribution in [-0.2, 0) is 21.1 Å². The zero-order valence-corrected chi connectivity index (χ0v) is 15.7. The summed E-state index contributed by atoms with van der Waals surface area (Å²) in [6.45, 7) is 0.920. The van der Waals surface area contributed by atoms with E-state index in [0.717, 1.165) is 0 Å². The van der Waals surface area contributed by atoms with Gasteiger partial charge in [-0.25, -0.2) is 17.5 Å². The molecule has 2 aromatic rings. The number of methoxy groups -OCH3 is 1. The monoisotopic (exact) mass is 399 g/mol. The van der Waals surface area contributed by atoms with Gasteiger partial charge in [-0.1, -0.05) is 5.21 Å². The first-order valence-corrected chi connectivity index (χ1v) is 10.1. The van der Waals surface area contributed by atoms with Gasteiger partial charge in [-0.05, 0) is 24.4 Å². The molecule has 1 aromatic carbocycles. The second-order valence-electron chi connectivity index (χ2n) is 5.77. The first-order valence-electron chi connectivity index (χ1n) is 7.86. The zero-order valence-electron chi connectivity index (χ0n) is 14.1. The van der Waals surface area contributed by atoms with Crippen LogP contribution >= 0.6 is 12.2 Å². The molecule has 0 aliphatic carbocycles. The molecule has 1 aliphatic rings. The van der Waals surface area contributed by atoms with Crippen molar-refractivity contribution < 1.29 is 17.5 Å². The van der Waals surface area contributed by atoms with Crippen LogP contribution in [0.3, 0.4) is 0 Å². The number of hydrogen-bond donors (Lipinski definition) is 1. The number of sulfone groups is 1. The standard InChI is InChI=1S/C15H18FN5O3S2/c1-24-15(25)17-9-11-10-21(19-18-11)12-2-3-14(13(16)8-12)20-4-6-26(22,23)7-5-20/h2-3,8,10H,4-7,9H2,1H3,(H,17,25). The molecule has 8 nitrogen and oxygen atoms in total. The Balaban J connectivity index is 1.72. The van der Waals surface area contributed by atoms with Crippen molar-refractivity contribution in [2.45, 2.75) is 6.54 Å². The summed E-state index contributed by atoms with van der Waals surface area (Å²) in [4.78, 5) is 1.74. The molecular formula is C15H18FN5O3S2. The predicted octanol–water partition coefficient (Wildman–Crippen LogP) is 0.662. The number of nitrogens with one attached hydrogen (secondary N) is 1. The van der Waals surface area contributed by atoms with Gasteiger partial charge >= 0.3 is 0 Å². The summed E-state index contributed by atoms with van der Waals surface area (Å²) in [5, 5.41) is 11.1. The normalized spacial score (nSPS) is 16.3. The Bertz CT molecular complexity index is 902. The van der Waals surface area contributed by atoms with Gasteiger partial charge in [-0.2, -0.15) is 0 Å². The van der Waals surface area contributed by atoms with Gasteiger partial charge in [-0.3, -0.25) is 0 Å². The molecule has 0 radical (unpaired) electrons. The lowest BCUT2D eigenvalue weighted by Crippen LogP contribution is -2.40. The van der Waals surface area contributed by atoms with Crippen molar-refractivity contribution in [1.29, 1.82) is 0 Å². The molecule has 11 heteroatoms. The van der Waals surface area contributed by atoms with Crippen LogP contribution in [-0.4, -0.2) is 60.3 Å². The number of halogens is 1. The molecule has 0 atom stereocenters. The van der Waals surface area contributed by atoms with E-state index >= 15 is 0 Å². The number of ether oxygens (including phenoxy) is 1. The van der Waals surface area contributed by atoms with Gasteiger partial charge < -0.3 is 15.0 Å². The zero-order chi connectivity index (χ0) is 18.7. The number of benzene rings is 1. The van der Waals surface area contributed by atoms with Crippen LogP contribution in [0.1, 0.15) is 5.69 Å². The predicted molar refractivity (Wildman–Crippen MR) is 98.6 cm³/mol. The minimum absolute atomic E-state index is 0.0387. The molecule has 1 aliphatic heterocycles. The van der Waals surface area contributed by atoms with Gasteiger partial charge in [0.1, 0.15) is 11.5 Å². The summed E-state index contributed by atoms with van der Waals surface area (Å²) in [7, 11) is -1.54. The molecule has 26 heavy (non-hydrogen) atoms. The van der Waals surface area contributed by atoms with E-state index < -0.39 is 15.7 Å². The van der Waals surface area contributed by atoms with Gasteiger partial charge in [0.25, 0.3) is 5.17 Å². The van der Waals surface area contributed by atoms with Crippen molar-refractivity contribution >= 4 is 32.9 Å². The average molecular weight is 399 g/mol. The summed E-state index contributed by atoms with van der Waals surface area (Å²) in [5.74, 6) is -0.356. The van der Waals surface area contributed by atoms with Gasteiger partial charge in [0.2, 0.25) is 0 Å². The third-order valence-electron chi connectivity index (χ3n) is 4.02. The van der Waals surface area contributed by atoms with Crippen LogP contribution in [0.15, 0.2) is 24.4 Å². The molecule has 2 heterocycles. The summed E-state index contributed by atoms with van der Waals surface area (Å²) in [6.07, 6.45) is 1.66. The number of anilines is 1. The van der Waals surface area contributed by atoms with E-state index in [2.05, 4.69) is 15.6 Å². The Morgan fingerprint density at radius 3 is 2.77 bits per heavy atom. The molecule has 0 unspecified atom stereocenters. The number of nitrogens with zero attached hydrogens (tertiary/aromatic N) is 4. The molecule has 0 spiro atoms. The highest BCUT2D eigenvalue weighted by molar-refractivity contribution is 7.91. The van der Waals surface area contributed by atoms with Crippen LogP contribution in [0.4, 0.5) is 10.1 Å². The molecule has 0 amide bonds. The van der Waals surface area contributed by atoms with Crippen molar-refractivity contribution in [1.82, 2.24) is 20.3 Å². The summed E-state index contributed by atoms with van der Waals surface area (Å²) in [6, 6.07) is 4.69. The highest BCUT2D eigenvalue weighted by Gasteiger charge is 2.23. The lowest BCUT2D eigenvalue weighted by atomic mass is 10.2. The second kappa shape index (κ2) is 7.54. The van der Waals surface area contributed by atoms with Crippen LogP contribution in [0.5, 0.6) is 0 Å². The summed E-state index contributed by atoms with van der Waals surface area (Å²) < 4.78 is 43.8. The number of aromatic nitrogens is 3. The van der Waals surface area contributed by atoms with Crippen molar-refractivity contribution in [2.75, 3.05) is 36.6 Å². The van der Waals surface area contributed by atoms with Crippen LogP contribution in [0.2, 0.25) is 0 Å². The summed E-state index contributed by atoms with van der Waals surface area (Å²) >= 11 is 4.88. The van der Waals surface area contributed by atoms with E-state index in [4.69, 9.17) is 17.0 Å². The first-order chi connectivity index (χ1) is 12.4. The van der Waals surface area contributed by atoms with Crippen molar-refractivity contribution in [3.63, 3.8) is 0 Å². The quantitative estimate of drug-likeness (QED) is 0.750. The van der Waals surface area contributed by atoms with Gasteiger partial charge in [0.05, 0.1) is 42.7 Å². The lowest BCUT2D eigenvalue weighted by molar-refractivity contribution is 0.392. The van der Waals surface area contributed by atoms with E-state index in [-0.39, 0.29) is 29.8 Å². The van der Waals surface area contributed by atoms with Gasteiger partial charge in [0, 0.05) is 19.2 Å². The molecule has 140 valence electrons. The maximum absolute atomic E-state index is 14.5. The third kappa shape index (κ3) is 4.28. The van der Waals surface area contributed by atoms with Crippen molar-refractivity contribution in [2.24, 2.45) is 0 Å². The Morgan fingerprint density at radius 1 is 1.38 bits per heavy atom. The molecule has 1 fully saturated rings. The van der Waals surface area contributed by atoms with Crippen LogP contribution in [0, 0.1) is 5.82 Å². The Morgan fingerprint density at radius 2 is 2.12 bits per heavy atom. The highest BCUT2D eigenvalue weighted by atomic mass is 32.2. The topological polar surface area (TPSA) is 89.4 Å². The molecule has 0 bridgehead atoms. The van der Waals surface area contributed by atoms with E-state index in [1.807, 2.05) is 0 Å². The minimum Gasteiger partial charge on any atom is -0.474 e. The van der Waals surface area contributed by atoms with Crippen LogP contribution in [0.25, 0.3) is 5.69 Å². The fourth-order valence-corrected chi connectivity index (χ4v) is 3.86. The fourth-order valence-electron chi connectivity index (χ4n) is 2.59. The average Bonchev–Trinajstić information content (AvgIpc) is 3.09. The first kappa shape index (κ1) is 18.5. The number of rotatable bonds is 4. The van der Waals surface area contributed by atoms with E-state index in [9.17, 15) is 12.8 Å². The van der Waals surface area contributed by atoms with E-state index in [0.29, 0.717) is 23.6 Å². The molecule has 1 aromatic heterocycles. The lowest BCUT2D eigenvalue weighted by Gasteiger charge is -2.29. The highest BCUT2D eigenvalue weighted by Crippen LogP contribution is 2.23. The fraction of sp³-hybridized carbons (Fsp3) is 0.400. The smallest absolute Gasteiger partial charge is 0.256 e. The number of thiocarbonyl (C=S) groups is 1. The summed E-state index contributed by atoms with van der Waals surface area (Å²) in [5.41, 5.74) is 1.52. The van der Waals surface area contributed by atoms with Crippen molar-refractivity contribution in [3.8, 4) is 5.69 Å². The molecule has 0 saturated carbocycles. The SMILES string of the molecule is COC(=S)NCc1cn(-c2ccc(N3CCS(=O)(=O)CC3)c(F)c2)nn1. The molecule has 1 saturated heterocycles. The maximum atomic E-state index is 14.5. The molecule has 1 N–H and O–H groups in total. The maximum Gasteiger partial charge on any atom is 0.256 e. The van der Waals surface area contributed by atoms with E-state index in [1.54, 1.807) is 23.2 Å². The molecular weight excluding hydrogens is 381 g/mol. The minimum atomic E-state index is -3.01. The Kier molecular flexibility index (Phi) is 5.37. The van der Waals surface area contributed by atoms with Crippen LogP contribution < -0.4 is 10.2 Å². The largest absolute Gasteiger partial charge is 0.474 e. The Labute approximate surface area is 155 Å². The van der Waals surface area contributed by atoms with Gasteiger partial charge in [0.15, 0.2) is 9.84 Å².